The number of rotatable bonds is 12. The average molecular weight is 571 g/mol. The number of hydrogen-bond donors (Lipinski definition) is 0. The van der Waals surface area contributed by atoms with Crippen molar-refractivity contribution in [1.29, 1.82) is 0 Å². The van der Waals surface area contributed by atoms with Crippen molar-refractivity contribution in [1.82, 2.24) is 14.2 Å². The van der Waals surface area contributed by atoms with E-state index in [1.807, 2.05) is 20.2 Å². The standard InChI is InChI=1S/C25H34N4O5S2.ClH/c1-7-28(8-2)36(31,32)19-12-10-18(11-13-19)24(30)29(17-9-16-27(3)4)25-26-22-20(33-5)14-15-21(34-6)23(22)35-25;/h10-15H,7-9,16-17H2,1-6H3;1H. The number of aromatic nitrogens is 1. The van der Waals surface area contributed by atoms with Gasteiger partial charge in [-0.05, 0) is 63.5 Å². The number of thiazole rings is 1. The molecular weight excluding hydrogens is 536 g/mol. The van der Waals surface area contributed by atoms with Gasteiger partial charge in [-0.2, -0.15) is 4.31 Å². The largest absolute Gasteiger partial charge is 0.495 e. The summed E-state index contributed by atoms with van der Waals surface area (Å²) < 4.78 is 38.9. The molecule has 0 atom stereocenters. The molecule has 9 nitrogen and oxygen atoms in total. The molecule has 0 spiro atoms. The van der Waals surface area contributed by atoms with E-state index >= 15 is 0 Å². The van der Waals surface area contributed by atoms with E-state index in [1.54, 1.807) is 51.2 Å². The molecular formula is C25H35ClN4O5S2. The van der Waals surface area contributed by atoms with Crippen LogP contribution in [0.2, 0.25) is 0 Å². The molecule has 0 bridgehead atoms. The number of nitrogens with zero attached hydrogens (tertiary/aromatic N) is 4. The number of fused-ring (bicyclic) bond motifs is 1. The van der Waals surface area contributed by atoms with Crippen LogP contribution in [0.5, 0.6) is 11.5 Å². The number of carbonyl (C=O) groups excluding carboxylic acids is 1. The zero-order valence-corrected chi connectivity index (χ0v) is 24.5. The Morgan fingerprint density at radius 1 is 0.946 bits per heavy atom. The Kier molecular flexibility index (Phi) is 11.1. The normalized spacial score (nSPS) is 11.6. The summed E-state index contributed by atoms with van der Waals surface area (Å²) in [5.41, 5.74) is 1.01. The minimum Gasteiger partial charge on any atom is -0.495 e. The van der Waals surface area contributed by atoms with E-state index in [1.165, 1.54) is 27.8 Å². The number of carbonyl (C=O) groups is 1. The second kappa shape index (κ2) is 13.4. The van der Waals surface area contributed by atoms with Crippen LogP contribution in [0.4, 0.5) is 5.13 Å². The van der Waals surface area contributed by atoms with Crippen LogP contribution in [-0.4, -0.2) is 83.0 Å². The van der Waals surface area contributed by atoms with E-state index in [0.717, 1.165) is 17.7 Å². The zero-order valence-electron chi connectivity index (χ0n) is 22.1. The van der Waals surface area contributed by atoms with Gasteiger partial charge in [0.1, 0.15) is 21.7 Å². The van der Waals surface area contributed by atoms with Crippen LogP contribution in [0.25, 0.3) is 10.2 Å². The predicted octanol–water partition coefficient (Wildman–Crippen LogP) is 4.36. The van der Waals surface area contributed by atoms with Crippen LogP contribution in [0, 0.1) is 0 Å². The van der Waals surface area contributed by atoms with Gasteiger partial charge in [0.05, 0.1) is 19.1 Å². The van der Waals surface area contributed by atoms with Gasteiger partial charge in [-0.3, -0.25) is 9.69 Å². The average Bonchev–Trinajstić information content (AvgIpc) is 3.31. The van der Waals surface area contributed by atoms with Crippen LogP contribution in [0.15, 0.2) is 41.3 Å². The monoisotopic (exact) mass is 570 g/mol. The minimum atomic E-state index is -3.61. The van der Waals surface area contributed by atoms with Gasteiger partial charge in [-0.25, -0.2) is 13.4 Å². The van der Waals surface area contributed by atoms with Crippen LogP contribution in [0.1, 0.15) is 30.6 Å². The Bertz CT molecular complexity index is 1250. The topological polar surface area (TPSA) is 92.3 Å². The molecule has 0 saturated heterocycles. The molecule has 204 valence electrons. The molecule has 0 N–H and O–H groups in total. The van der Waals surface area contributed by atoms with E-state index < -0.39 is 10.0 Å². The third-order valence-electron chi connectivity index (χ3n) is 5.81. The highest BCUT2D eigenvalue weighted by atomic mass is 35.5. The van der Waals surface area contributed by atoms with E-state index in [-0.39, 0.29) is 23.2 Å². The first-order valence-corrected chi connectivity index (χ1v) is 14.0. The summed E-state index contributed by atoms with van der Waals surface area (Å²) in [7, 11) is 3.52. The fourth-order valence-corrected chi connectivity index (χ4v) is 6.41. The molecule has 1 heterocycles. The van der Waals surface area contributed by atoms with Gasteiger partial charge in [-0.15, -0.1) is 12.4 Å². The summed E-state index contributed by atoms with van der Waals surface area (Å²) in [6, 6.07) is 9.71. The predicted molar refractivity (Wildman–Crippen MR) is 151 cm³/mol. The summed E-state index contributed by atoms with van der Waals surface area (Å²) >= 11 is 1.36. The second-order valence-corrected chi connectivity index (χ2v) is 11.3. The molecule has 0 aliphatic rings. The third kappa shape index (κ3) is 6.71. The lowest BCUT2D eigenvalue weighted by molar-refractivity contribution is 0.0986. The van der Waals surface area contributed by atoms with Crippen molar-refractivity contribution in [3.63, 3.8) is 0 Å². The third-order valence-corrected chi connectivity index (χ3v) is 8.96. The number of hydrogen-bond acceptors (Lipinski definition) is 8. The highest BCUT2D eigenvalue weighted by Crippen LogP contribution is 2.40. The zero-order chi connectivity index (χ0) is 26.5. The summed E-state index contributed by atoms with van der Waals surface area (Å²) in [4.78, 5) is 22.3. The van der Waals surface area contributed by atoms with Crippen molar-refractivity contribution in [2.24, 2.45) is 0 Å². The molecule has 1 amide bonds. The molecule has 12 heteroatoms. The molecule has 0 aliphatic heterocycles. The van der Waals surface area contributed by atoms with Crippen molar-refractivity contribution >= 4 is 55.0 Å². The maximum Gasteiger partial charge on any atom is 0.260 e. The first-order chi connectivity index (χ1) is 17.2. The van der Waals surface area contributed by atoms with Crippen molar-refractivity contribution in [2.75, 3.05) is 59.4 Å². The van der Waals surface area contributed by atoms with Crippen molar-refractivity contribution in [2.45, 2.75) is 25.2 Å². The lowest BCUT2D eigenvalue weighted by atomic mass is 10.2. The SMILES string of the molecule is CCN(CC)S(=O)(=O)c1ccc(C(=O)N(CCCN(C)C)c2nc3c(OC)ccc(OC)c3s2)cc1.Cl. The Morgan fingerprint density at radius 3 is 2.08 bits per heavy atom. The van der Waals surface area contributed by atoms with Crippen LogP contribution in [-0.2, 0) is 10.0 Å². The van der Waals surface area contributed by atoms with Crippen LogP contribution < -0.4 is 14.4 Å². The maximum atomic E-state index is 13.7. The lowest BCUT2D eigenvalue weighted by Crippen LogP contribution is -2.33. The van der Waals surface area contributed by atoms with Crippen molar-refractivity contribution in [3.05, 3.63) is 42.0 Å². The fraction of sp³-hybridized carbons (Fsp3) is 0.440. The molecule has 0 saturated carbocycles. The smallest absolute Gasteiger partial charge is 0.260 e. The number of amides is 1. The molecule has 2 aromatic carbocycles. The quantitative estimate of drug-likeness (QED) is 0.319. The second-order valence-electron chi connectivity index (χ2n) is 8.37. The molecule has 37 heavy (non-hydrogen) atoms. The van der Waals surface area contributed by atoms with Gasteiger partial charge >= 0.3 is 0 Å². The molecule has 0 aliphatic carbocycles. The number of anilines is 1. The molecule has 1 aromatic heterocycles. The van der Waals surface area contributed by atoms with Gasteiger partial charge in [-0.1, -0.05) is 25.2 Å². The fourth-order valence-electron chi connectivity index (χ4n) is 3.86. The van der Waals surface area contributed by atoms with Crippen molar-refractivity contribution in [3.8, 4) is 11.5 Å². The van der Waals surface area contributed by atoms with Gasteiger partial charge in [0, 0.05) is 25.2 Å². The van der Waals surface area contributed by atoms with E-state index in [2.05, 4.69) is 4.90 Å². The summed E-state index contributed by atoms with van der Waals surface area (Å²) in [5, 5.41) is 0.524. The van der Waals surface area contributed by atoms with Gasteiger partial charge in [0.2, 0.25) is 10.0 Å². The first kappa shape index (κ1) is 30.8. The Hall–Kier alpha value is -2.44. The number of benzene rings is 2. The van der Waals surface area contributed by atoms with Gasteiger partial charge in [0.15, 0.2) is 5.13 Å². The number of sulfonamides is 1. The molecule has 0 radical (unpaired) electrons. The van der Waals surface area contributed by atoms with E-state index in [4.69, 9.17) is 14.5 Å². The van der Waals surface area contributed by atoms with E-state index in [0.29, 0.717) is 47.3 Å². The summed E-state index contributed by atoms with van der Waals surface area (Å²) in [6.07, 6.45) is 0.733. The molecule has 0 fully saturated rings. The lowest BCUT2D eigenvalue weighted by Gasteiger charge is -2.22. The highest BCUT2D eigenvalue weighted by Gasteiger charge is 2.25. The highest BCUT2D eigenvalue weighted by molar-refractivity contribution is 7.89. The molecule has 3 aromatic rings. The van der Waals surface area contributed by atoms with E-state index in [9.17, 15) is 13.2 Å². The maximum absolute atomic E-state index is 13.7. The molecule has 3 rings (SSSR count). The minimum absolute atomic E-state index is 0. The summed E-state index contributed by atoms with van der Waals surface area (Å²) in [5.74, 6) is 0.999. The Labute approximate surface area is 229 Å². The number of ether oxygens (including phenoxy) is 2. The van der Waals surface area contributed by atoms with Crippen molar-refractivity contribution < 1.29 is 22.7 Å². The molecule has 0 unspecified atom stereocenters. The van der Waals surface area contributed by atoms with Crippen LogP contribution >= 0.6 is 23.7 Å². The van der Waals surface area contributed by atoms with Gasteiger partial charge < -0.3 is 14.4 Å². The Morgan fingerprint density at radius 2 is 1.54 bits per heavy atom. The Balaban J connectivity index is 0.00000481. The number of methoxy groups -OCH3 is 2. The number of halogens is 1. The van der Waals surface area contributed by atoms with Crippen LogP contribution in [0.3, 0.4) is 0 Å². The first-order valence-electron chi connectivity index (χ1n) is 11.8. The van der Waals surface area contributed by atoms with Gasteiger partial charge in [0.25, 0.3) is 5.91 Å². The summed E-state index contributed by atoms with van der Waals surface area (Å²) in [6.45, 7) is 5.59.